The number of nitrogens with two attached hydrogens (primary N) is 1. The van der Waals surface area contributed by atoms with Crippen LogP contribution in [0.2, 0.25) is 0 Å². The van der Waals surface area contributed by atoms with Crippen LogP contribution in [0.15, 0.2) is 12.3 Å². The highest BCUT2D eigenvalue weighted by Gasteiger charge is 2.25. The monoisotopic (exact) mass is 250 g/mol. The average molecular weight is 250 g/mol. The van der Waals surface area contributed by atoms with E-state index in [2.05, 4.69) is 22.2 Å². The summed E-state index contributed by atoms with van der Waals surface area (Å²) in [5, 5.41) is 12.1. The van der Waals surface area contributed by atoms with Gasteiger partial charge in [0.15, 0.2) is 0 Å². The van der Waals surface area contributed by atoms with Gasteiger partial charge < -0.3 is 21.1 Å². The summed E-state index contributed by atoms with van der Waals surface area (Å²) in [5.74, 6) is -0.487. The summed E-state index contributed by atoms with van der Waals surface area (Å²) in [6, 6.07) is 2.19. The molecule has 1 heterocycles. The molecule has 18 heavy (non-hydrogen) atoms. The molecule has 0 amide bonds. The predicted molar refractivity (Wildman–Crippen MR) is 69.8 cm³/mol. The number of aromatic nitrogens is 1. The number of carbonyl (C=O) groups is 1. The summed E-state index contributed by atoms with van der Waals surface area (Å²) < 4.78 is 0. The van der Waals surface area contributed by atoms with Crippen LogP contribution in [0, 0.1) is 0 Å². The minimum atomic E-state index is -1.03. The van der Waals surface area contributed by atoms with Crippen LogP contribution in [0.4, 0.5) is 11.5 Å². The fraction of sp³-hybridized carbons (Fsp3) is 0.500. The van der Waals surface area contributed by atoms with Crippen molar-refractivity contribution in [1.82, 2.24) is 9.88 Å². The lowest BCUT2D eigenvalue weighted by Crippen LogP contribution is -2.27. The van der Waals surface area contributed by atoms with E-state index in [1.807, 2.05) is 0 Å². The number of carboxylic acids is 1. The summed E-state index contributed by atoms with van der Waals surface area (Å²) in [4.78, 5) is 17.3. The van der Waals surface area contributed by atoms with Crippen LogP contribution in [-0.4, -0.2) is 47.1 Å². The molecule has 0 bridgehead atoms. The first-order valence-corrected chi connectivity index (χ1v) is 6.01. The maximum atomic E-state index is 10.9. The number of carboxylic acid groups (broad SMARTS) is 1. The molecule has 0 aromatic carbocycles. The Morgan fingerprint density at radius 2 is 2.39 bits per heavy atom. The van der Waals surface area contributed by atoms with E-state index in [1.165, 1.54) is 25.1 Å². The minimum absolute atomic E-state index is 0.0862. The first-order valence-electron chi connectivity index (χ1n) is 6.01. The highest BCUT2D eigenvalue weighted by Crippen LogP contribution is 2.24. The van der Waals surface area contributed by atoms with E-state index < -0.39 is 5.97 Å². The Balaban J connectivity index is 1.88. The largest absolute Gasteiger partial charge is 0.478 e. The van der Waals surface area contributed by atoms with Gasteiger partial charge in [-0.15, -0.1) is 0 Å². The summed E-state index contributed by atoms with van der Waals surface area (Å²) >= 11 is 0. The van der Waals surface area contributed by atoms with E-state index in [1.54, 1.807) is 0 Å². The van der Waals surface area contributed by atoms with Crippen molar-refractivity contribution in [2.45, 2.75) is 18.9 Å². The highest BCUT2D eigenvalue weighted by molar-refractivity contribution is 5.94. The first kappa shape index (κ1) is 12.6. The maximum absolute atomic E-state index is 10.9. The van der Waals surface area contributed by atoms with Crippen LogP contribution in [-0.2, 0) is 0 Å². The lowest BCUT2D eigenvalue weighted by Gasteiger charge is -2.16. The second-order valence-electron chi connectivity index (χ2n) is 4.60. The van der Waals surface area contributed by atoms with E-state index in [9.17, 15) is 4.79 Å². The van der Waals surface area contributed by atoms with Gasteiger partial charge >= 0.3 is 5.97 Å². The molecule has 4 N–H and O–H groups in total. The molecule has 0 atom stereocenters. The van der Waals surface area contributed by atoms with Crippen LogP contribution < -0.4 is 11.1 Å². The molecule has 0 unspecified atom stereocenters. The second-order valence-corrected chi connectivity index (χ2v) is 4.60. The normalized spacial score (nSPS) is 14.8. The Morgan fingerprint density at radius 1 is 1.67 bits per heavy atom. The molecule has 0 spiro atoms. The van der Waals surface area contributed by atoms with Gasteiger partial charge in [-0.2, -0.15) is 0 Å². The van der Waals surface area contributed by atoms with Crippen molar-refractivity contribution in [3.8, 4) is 0 Å². The van der Waals surface area contributed by atoms with Crippen molar-refractivity contribution in [3.63, 3.8) is 0 Å². The molecule has 0 saturated heterocycles. The van der Waals surface area contributed by atoms with Crippen LogP contribution >= 0.6 is 0 Å². The fourth-order valence-corrected chi connectivity index (χ4v) is 1.81. The third kappa shape index (κ3) is 3.10. The van der Waals surface area contributed by atoms with Crippen molar-refractivity contribution >= 4 is 17.5 Å². The van der Waals surface area contributed by atoms with Gasteiger partial charge in [-0.25, -0.2) is 9.78 Å². The van der Waals surface area contributed by atoms with Crippen LogP contribution in [0.5, 0.6) is 0 Å². The molecule has 6 nitrogen and oxygen atoms in total. The van der Waals surface area contributed by atoms with Crippen LogP contribution in [0.1, 0.15) is 23.2 Å². The van der Waals surface area contributed by atoms with Gasteiger partial charge in [-0.1, -0.05) is 0 Å². The summed E-state index contributed by atoms with van der Waals surface area (Å²) in [5.41, 5.74) is 5.81. The van der Waals surface area contributed by atoms with Gasteiger partial charge in [0.25, 0.3) is 0 Å². The van der Waals surface area contributed by atoms with E-state index in [-0.39, 0.29) is 11.3 Å². The average Bonchev–Trinajstić information content (AvgIpc) is 3.14. The molecule has 1 aliphatic rings. The molecule has 2 rings (SSSR count). The molecular formula is C12H18N4O2. The molecule has 1 saturated carbocycles. The number of aromatic carboxylic acids is 1. The van der Waals surface area contributed by atoms with Gasteiger partial charge in [0.05, 0.1) is 17.4 Å². The summed E-state index contributed by atoms with van der Waals surface area (Å²) in [6.07, 6.45) is 3.93. The molecule has 1 aromatic rings. The zero-order valence-electron chi connectivity index (χ0n) is 10.4. The predicted octanol–water partition coefficient (Wildman–Crippen LogP) is 0.868. The quantitative estimate of drug-likeness (QED) is 0.694. The third-order valence-corrected chi connectivity index (χ3v) is 3.11. The third-order valence-electron chi connectivity index (χ3n) is 3.11. The SMILES string of the molecule is CN(CCNc1cc(C(=O)O)c(N)cn1)C1CC1. The number of hydrogen-bond acceptors (Lipinski definition) is 5. The van der Waals surface area contributed by atoms with Gasteiger partial charge in [0.2, 0.25) is 0 Å². The molecule has 0 aliphatic heterocycles. The fourth-order valence-electron chi connectivity index (χ4n) is 1.81. The van der Waals surface area contributed by atoms with Crippen molar-refractivity contribution in [3.05, 3.63) is 17.8 Å². The molecular weight excluding hydrogens is 232 g/mol. The number of nitrogens with one attached hydrogen (secondary N) is 1. The van der Waals surface area contributed by atoms with Gasteiger partial charge in [0, 0.05) is 19.1 Å². The van der Waals surface area contributed by atoms with Crippen LogP contribution in [0.25, 0.3) is 0 Å². The first-order chi connectivity index (χ1) is 8.58. The zero-order valence-corrected chi connectivity index (χ0v) is 10.4. The lowest BCUT2D eigenvalue weighted by atomic mass is 10.2. The van der Waals surface area contributed by atoms with Crippen molar-refractivity contribution in [1.29, 1.82) is 0 Å². The summed E-state index contributed by atoms with van der Waals surface area (Å²) in [7, 11) is 2.10. The van der Waals surface area contributed by atoms with Crippen molar-refractivity contribution < 1.29 is 9.90 Å². The molecule has 6 heteroatoms. The summed E-state index contributed by atoms with van der Waals surface area (Å²) in [6.45, 7) is 1.65. The molecule has 98 valence electrons. The number of nitrogens with zero attached hydrogens (tertiary/aromatic N) is 2. The Labute approximate surface area is 106 Å². The Kier molecular flexibility index (Phi) is 3.66. The Hall–Kier alpha value is -1.82. The molecule has 1 fully saturated rings. The number of nitrogen functional groups attached to an aromatic ring is 1. The highest BCUT2D eigenvalue weighted by atomic mass is 16.4. The van der Waals surface area contributed by atoms with Gasteiger partial charge in [0.1, 0.15) is 5.82 Å². The standard InChI is InChI=1S/C12H18N4O2/c1-16(8-2-3-8)5-4-14-11-6-9(12(17)18)10(13)7-15-11/h6-8H,2-5,13H2,1H3,(H,14,15)(H,17,18). The number of anilines is 2. The Morgan fingerprint density at radius 3 is 3.00 bits per heavy atom. The molecule has 0 radical (unpaired) electrons. The number of pyridine rings is 1. The van der Waals surface area contributed by atoms with Crippen molar-refractivity contribution in [2.24, 2.45) is 0 Å². The number of hydrogen-bond donors (Lipinski definition) is 3. The topological polar surface area (TPSA) is 91.5 Å². The second kappa shape index (κ2) is 5.22. The van der Waals surface area contributed by atoms with Gasteiger partial charge in [-0.05, 0) is 26.0 Å². The van der Waals surface area contributed by atoms with Crippen LogP contribution in [0.3, 0.4) is 0 Å². The van der Waals surface area contributed by atoms with E-state index in [0.29, 0.717) is 5.82 Å². The van der Waals surface area contributed by atoms with Crippen molar-refractivity contribution in [2.75, 3.05) is 31.2 Å². The molecule has 1 aromatic heterocycles. The van der Waals surface area contributed by atoms with Gasteiger partial charge in [-0.3, -0.25) is 0 Å². The molecule has 1 aliphatic carbocycles. The minimum Gasteiger partial charge on any atom is -0.478 e. The van der Waals surface area contributed by atoms with E-state index >= 15 is 0 Å². The zero-order chi connectivity index (χ0) is 13.1. The number of likely N-dealkylation sites (N-methyl/N-ethyl adjacent to an activating group) is 1. The Bertz CT molecular complexity index is 446. The smallest absolute Gasteiger partial charge is 0.337 e. The lowest BCUT2D eigenvalue weighted by molar-refractivity contribution is 0.0698. The van der Waals surface area contributed by atoms with E-state index in [0.717, 1.165) is 19.1 Å². The maximum Gasteiger partial charge on any atom is 0.337 e. The van der Waals surface area contributed by atoms with E-state index in [4.69, 9.17) is 10.8 Å². The number of rotatable bonds is 6.